The van der Waals surface area contributed by atoms with E-state index in [2.05, 4.69) is 4.90 Å². The van der Waals surface area contributed by atoms with Gasteiger partial charge < -0.3 is 9.46 Å². The molecular formula is C17H18NOPS. The van der Waals surface area contributed by atoms with Gasteiger partial charge in [0, 0.05) is 23.7 Å². The van der Waals surface area contributed by atoms with Crippen LogP contribution in [0.5, 0.6) is 0 Å². The summed E-state index contributed by atoms with van der Waals surface area (Å²) in [5.41, 5.74) is 0. The van der Waals surface area contributed by atoms with Crippen molar-refractivity contribution in [3.8, 4) is 0 Å². The van der Waals surface area contributed by atoms with E-state index in [1.807, 2.05) is 60.7 Å². The predicted molar refractivity (Wildman–Crippen MR) is 93.2 cm³/mol. The zero-order valence-corrected chi connectivity index (χ0v) is 13.5. The van der Waals surface area contributed by atoms with Crippen molar-refractivity contribution >= 4 is 34.7 Å². The summed E-state index contributed by atoms with van der Waals surface area (Å²) in [6.45, 7) is 1.84. The van der Waals surface area contributed by atoms with Crippen LogP contribution in [0.4, 0.5) is 0 Å². The lowest BCUT2D eigenvalue weighted by Crippen LogP contribution is -2.33. The van der Waals surface area contributed by atoms with Crippen LogP contribution in [0.15, 0.2) is 60.7 Å². The van der Waals surface area contributed by atoms with Crippen molar-refractivity contribution < 1.29 is 4.57 Å². The molecule has 0 radical (unpaired) electrons. The number of benzene rings is 2. The number of thiocarbonyl (C=S) groups is 1. The molecule has 1 heterocycles. The van der Waals surface area contributed by atoms with Crippen molar-refractivity contribution in [2.24, 2.45) is 0 Å². The van der Waals surface area contributed by atoms with Crippen LogP contribution in [0.1, 0.15) is 12.8 Å². The van der Waals surface area contributed by atoms with Crippen LogP contribution in [0.3, 0.4) is 0 Å². The van der Waals surface area contributed by atoms with Gasteiger partial charge in [0.25, 0.3) is 0 Å². The third kappa shape index (κ3) is 2.68. The highest BCUT2D eigenvalue weighted by Gasteiger charge is 2.36. The fourth-order valence-electron chi connectivity index (χ4n) is 2.75. The minimum atomic E-state index is -2.91. The fraction of sp³-hybridized carbons (Fsp3) is 0.235. The van der Waals surface area contributed by atoms with E-state index >= 15 is 0 Å². The van der Waals surface area contributed by atoms with Crippen LogP contribution in [0.2, 0.25) is 0 Å². The monoisotopic (exact) mass is 315 g/mol. The third-order valence-electron chi connectivity index (χ3n) is 3.89. The van der Waals surface area contributed by atoms with Crippen LogP contribution < -0.4 is 10.6 Å². The summed E-state index contributed by atoms with van der Waals surface area (Å²) in [6.07, 6.45) is 2.26. The Balaban J connectivity index is 2.11. The molecule has 2 nitrogen and oxygen atoms in total. The smallest absolute Gasteiger partial charge is 0.196 e. The summed E-state index contributed by atoms with van der Waals surface area (Å²) in [6, 6.07) is 19.3. The van der Waals surface area contributed by atoms with Crippen LogP contribution >= 0.6 is 19.4 Å². The first-order chi connectivity index (χ1) is 10.2. The molecule has 0 aliphatic carbocycles. The van der Waals surface area contributed by atoms with Crippen molar-refractivity contribution in [1.29, 1.82) is 0 Å². The lowest BCUT2D eigenvalue weighted by Gasteiger charge is -2.27. The zero-order chi connectivity index (χ0) is 14.7. The van der Waals surface area contributed by atoms with E-state index in [0.29, 0.717) is 4.73 Å². The minimum Gasteiger partial charge on any atom is -0.359 e. The molecule has 0 unspecified atom stereocenters. The second kappa shape index (κ2) is 6.13. The number of likely N-dealkylation sites (tertiary alicyclic amines) is 1. The Hall–Kier alpha value is -1.44. The SMILES string of the molecule is O=P(C(=S)N1CCCC1)(c1ccccc1)c1ccccc1. The molecule has 2 aromatic carbocycles. The normalized spacial score (nSPS) is 15.1. The van der Waals surface area contributed by atoms with Gasteiger partial charge in [-0.2, -0.15) is 0 Å². The van der Waals surface area contributed by atoms with Crippen LogP contribution in [0, 0.1) is 0 Å². The van der Waals surface area contributed by atoms with E-state index in [1.165, 1.54) is 0 Å². The molecule has 1 aliphatic heterocycles. The minimum absolute atomic E-state index is 0.609. The lowest BCUT2D eigenvalue weighted by molar-refractivity contribution is 0.530. The highest BCUT2D eigenvalue weighted by atomic mass is 32.1. The van der Waals surface area contributed by atoms with Gasteiger partial charge in [0.1, 0.15) is 4.73 Å². The fourth-order valence-corrected chi connectivity index (χ4v) is 6.09. The molecule has 0 spiro atoms. The first-order valence-corrected chi connectivity index (χ1v) is 9.35. The standard InChI is InChI=1S/C17H18NOPS/c19-20(15-9-3-1-4-10-15,16-11-5-2-6-12-16)17(21)18-13-7-8-14-18/h1-6,9-12H,7-8,13-14H2. The molecule has 1 fully saturated rings. The van der Waals surface area contributed by atoms with Crippen molar-refractivity contribution in [3.05, 3.63) is 60.7 Å². The molecule has 0 N–H and O–H groups in total. The lowest BCUT2D eigenvalue weighted by atomic mass is 10.4. The average molecular weight is 315 g/mol. The molecule has 4 heteroatoms. The number of hydrogen-bond acceptors (Lipinski definition) is 2. The van der Waals surface area contributed by atoms with Gasteiger partial charge >= 0.3 is 0 Å². The van der Waals surface area contributed by atoms with Gasteiger partial charge in [-0.25, -0.2) is 0 Å². The molecule has 3 rings (SSSR count). The van der Waals surface area contributed by atoms with E-state index in [4.69, 9.17) is 12.2 Å². The molecule has 0 amide bonds. The Morgan fingerprint density at radius 3 is 1.71 bits per heavy atom. The van der Waals surface area contributed by atoms with Crippen LogP contribution in [0.25, 0.3) is 0 Å². The predicted octanol–water partition coefficient (Wildman–Crippen LogP) is 3.38. The number of hydrogen-bond donors (Lipinski definition) is 0. The first kappa shape index (κ1) is 14.5. The van der Waals surface area contributed by atoms with E-state index in [0.717, 1.165) is 36.5 Å². The second-order valence-electron chi connectivity index (χ2n) is 5.26. The second-order valence-corrected chi connectivity index (χ2v) is 8.62. The quantitative estimate of drug-likeness (QED) is 0.640. The van der Waals surface area contributed by atoms with Gasteiger partial charge in [0.15, 0.2) is 7.14 Å². The van der Waals surface area contributed by atoms with Gasteiger partial charge in [0.2, 0.25) is 0 Å². The summed E-state index contributed by atoms with van der Waals surface area (Å²) >= 11 is 5.68. The Morgan fingerprint density at radius 1 is 0.857 bits per heavy atom. The molecule has 1 saturated heterocycles. The molecule has 2 aromatic rings. The van der Waals surface area contributed by atoms with Crippen molar-refractivity contribution in [1.82, 2.24) is 4.90 Å². The molecule has 0 aromatic heterocycles. The summed E-state index contributed by atoms with van der Waals surface area (Å²) in [5.74, 6) is 0. The van der Waals surface area contributed by atoms with Gasteiger partial charge in [0.05, 0.1) is 0 Å². The van der Waals surface area contributed by atoms with E-state index < -0.39 is 7.14 Å². The average Bonchev–Trinajstić information content (AvgIpc) is 3.09. The summed E-state index contributed by atoms with van der Waals surface area (Å²) in [5, 5.41) is 1.65. The van der Waals surface area contributed by atoms with E-state index in [1.54, 1.807) is 0 Å². The Labute approximate surface area is 131 Å². The molecule has 0 bridgehead atoms. The summed E-state index contributed by atoms with van der Waals surface area (Å²) < 4.78 is 14.5. The summed E-state index contributed by atoms with van der Waals surface area (Å²) in [4.78, 5) is 2.12. The highest BCUT2D eigenvalue weighted by Crippen LogP contribution is 2.46. The van der Waals surface area contributed by atoms with Gasteiger partial charge in [-0.15, -0.1) is 0 Å². The van der Waals surface area contributed by atoms with E-state index in [9.17, 15) is 4.57 Å². The van der Waals surface area contributed by atoms with Crippen LogP contribution in [-0.4, -0.2) is 22.7 Å². The Bertz CT molecular complexity index is 622. The zero-order valence-electron chi connectivity index (χ0n) is 11.8. The van der Waals surface area contributed by atoms with Crippen LogP contribution in [-0.2, 0) is 4.57 Å². The maximum Gasteiger partial charge on any atom is 0.196 e. The molecule has 108 valence electrons. The number of nitrogens with zero attached hydrogens (tertiary/aromatic N) is 1. The van der Waals surface area contributed by atoms with Gasteiger partial charge in [-0.05, 0) is 12.8 Å². The Morgan fingerprint density at radius 2 is 1.29 bits per heavy atom. The van der Waals surface area contributed by atoms with Crippen molar-refractivity contribution in [2.45, 2.75) is 12.8 Å². The molecule has 0 saturated carbocycles. The largest absolute Gasteiger partial charge is 0.359 e. The molecular weight excluding hydrogens is 297 g/mol. The maximum atomic E-state index is 13.9. The number of rotatable bonds is 3. The van der Waals surface area contributed by atoms with Crippen molar-refractivity contribution in [2.75, 3.05) is 13.1 Å². The molecule has 21 heavy (non-hydrogen) atoms. The molecule has 1 aliphatic rings. The topological polar surface area (TPSA) is 20.3 Å². The maximum absolute atomic E-state index is 13.9. The summed E-state index contributed by atoms with van der Waals surface area (Å²) in [7, 11) is -2.91. The Kier molecular flexibility index (Phi) is 4.23. The molecule has 0 atom stereocenters. The van der Waals surface area contributed by atoms with E-state index in [-0.39, 0.29) is 0 Å². The first-order valence-electron chi connectivity index (χ1n) is 7.23. The third-order valence-corrected chi connectivity index (χ3v) is 7.79. The van der Waals surface area contributed by atoms with Gasteiger partial charge in [-0.1, -0.05) is 72.9 Å². The van der Waals surface area contributed by atoms with Crippen molar-refractivity contribution in [3.63, 3.8) is 0 Å². The van der Waals surface area contributed by atoms with Gasteiger partial charge in [-0.3, -0.25) is 0 Å². The highest BCUT2D eigenvalue weighted by molar-refractivity contribution is 8.07.